The van der Waals surface area contributed by atoms with E-state index in [4.69, 9.17) is 36.1 Å². The van der Waals surface area contributed by atoms with Crippen LogP contribution in [0.4, 0.5) is 0 Å². The lowest BCUT2D eigenvalue weighted by molar-refractivity contribution is -0.378. The van der Waals surface area contributed by atoms with Crippen LogP contribution in [0.5, 0.6) is 17.2 Å². The third-order valence-electron chi connectivity index (χ3n) is 12.3. The Bertz CT molecular complexity index is 2840. The van der Waals surface area contributed by atoms with E-state index in [-0.39, 0.29) is 94.2 Å². The quantitative estimate of drug-likeness (QED) is 0.0122. The number of guanidine groups is 1. The number of aliphatic hydroxyl groups excluding tert-OH is 4. The van der Waals surface area contributed by atoms with Crippen LogP contribution in [0.15, 0.2) is 53.5 Å². The Hall–Kier alpha value is -6.83. The predicted octanol–water partition coefficient (Wildman–Crippen LogP) is 1.05. The molecule has 6 atom stereocenters. The molecule has 19 nitrogen and oxygen atoms in total. The first-order valence-corrected chi connectivity index (χ1v) is 22.4. The Morgan fingerprint density at radius 3 is 2.37 bits per heavy atom. The van der Waals surface area contributed by atoms with Crippen LogP contribution in [0.3, 0.4) is 0 Å². The number of carbonyl (C=O) groups excluding carboxylic acids is 4. The standard InChI is InChI=1S/C51H54N4O15/c1-25-47(64)51(65,66)48(67-17-16-55-50(53)54)49(68-25)70-46-35-11-5-10-32(52)13-14-33(60)19-28-7-3-6-27(18-28)12-15-34-38(69-26(2)59)21-31(23-57)39-40(34)45(63)41(35)42(44(39)62)43(61)36(46)20-29-8-4-9-30(22-56)37(29)24-58/h3-4,6-9,12,15,18,21,24-25,32-33,47-49,56-57,60-61,64-66H,11,13-14,16-17,19-20,22-23,52H2,1-2H3,(H4,53,54,55)/b15-12+/t25-,32-,33+,47+,48-,49+/m0/s1. The number of carbonyl (C=O) groups is 4. The van der Waals surface area contributed by atoms with E-state index in [9.17, 15) is 45.3 Å². The van der Waals surface area contributed by atoms with Crippen molar-refractivity contribution in [3.63, 3.8) is 0 Å². The summed E-state index contributed by atoms with van der Waals surface area (Å²) in [5, 5.41) is 78.6. The molecule has 4 aromatic rings. The van der Waals surface area contributed by atoms with Crippen LogP contribution in [0.25, 0.3) is 12.2 Å². The summed E-state index contributed by atoms with van der Waals surface area (Å²) >= 11 is 0. The topological polar surface area (TPSA) is 337 Å². The van der Waals surface area contributed by atoms with Gasteiger partial charge in [-0.25, -0.2) is 0 Å². The SMILES string of the molecule is CC(=O)Oc1cc(CO)c2c3c1/C=C/c1cccc(c1)C[C@H](O)CC[C@@H](N)C#CCc1c(O[C@H]4O[C@@H](C)[C@@H](O)C(O)(O)[C@H]4OCCN=C(N)N)c(Cc4cccc(CO)c4C=O)c(O)c(c1C3=O)C2=O. The monoisotopic (exact) mass is 962 g/mol. The molecule has 0 saturated carbocycles. The van der Waals surface area contributed by atoms with Gasteiger partial charge in [0.05, 0.1) is 50.2 Å². The fourth-order valence-electron chi connectivity index (χ4n) is 9.00. The Balaban J connectivity index is 1.57. The second-order valence-electron chi connectivity index (χ2n) is 17.2. The number of aromatic hydroxyl groups is 1. The van der Waals surface area contributed by atoms with Gasteiger partial charge < -0.3 is 71.9 Å². The minimum Gasteiger partial charge on any atom is -0.507 e. The van der Waals surface area contributed by atoms with Gasteiger partial charge in [-0.2, -0.15) is 0 Å². The van der Waals surface area contributed by atoms with Crippen molar-refractivity contribution in [1.82, 2.24) is 0 Å². The lowest BCUT2D eigenvalue weighted by Gasteiger charge is -2.46. The normalized spacial score (nSPS) is 22.1. The van der Waals surface area contributed by atoms with Crippen LogP contribution < -0.4 is 26.7 Å². The number of hydrogen-bond acceptors (Lipinski definition) is 17. The molecule has 1 fully saturated rings. The molecule has 0 unspecified atom stereocenters. The molecule has 19 heteroatoms. The average molecular weight is 963 g/mol. The summed E-state index contributed by atoms with van der Waals surface area (Å²) in [5.74, 6) is -1.61. The van der Waals surface area contributed by atoms with Crippen molar-refractivity contribution in [2.24, 2.45) is 22.2 Å². The Morgan fingerprint density at radius 1 is 0.957 bits per heavy atom. The maximum atomic E-state index is 15.7. The number of nitrogens with zero attached hydrogens (tertiary/aromatic N) is 1. The smallest absolute Gasteiger partial charge is 0.308 e. The maximum absolute atomic E-state index is 15.7. The van der Waals surface area contributed by atoms with Crippen LogP contribution in [0.2, 0.25) is 0 Å². The number of nitrogens with two attached hydrogens (primary N) is 3. The van der Waals surface area contributed by atoms with Gasteiger partial charge in [-0.15, -0.1) is 0 Å². The molecule has 0 aromatic heterocycles. The third kappa shape index (κ3) is 10.4. The molecule has 1 aliphatic heterocycles. The first-order chi connectivity index (χ1) is 33.4. The van der Waals surface area contributed by atoms with Crippen LogP contribution in [0, 0.1) is 11.8 Å². The fourth-order valence-corrected chi connectivity index (χ4v) is 9.00. The van der Waals surface area contributed by atoms with Crippen LogP contribution in [-0.2, 0) is 46.7 Å². The van der Waals surface area contributed by atoms with Gasteiger partial charge in [-0.3, -0.25) is 24.2 Å². The summed E-state index contributed by atoms with van der Waals surface area (Å²) < 4.78 is 24.1. The fraction of sp³-hybridized carbons (Fsp3) is 0.353. The second kappa shape index (κ2) is 21.4. The number of aliphatic imine (C=N–C) groups is 1. The highest BCUT2D eigenvalue weighted by Gasteiger charge is 2.56. The van der Waals surface area contributed by atoms with Gasteiger partial charge >= 0.3 is 5.97 Å². The highest BCUT2D eigenvalue weighted by molar-refractivity contribution is 6.32. The van der Waals surface area contributed by atoms with Gasteiger partial charge in [0, 0.05) is 58.7 Å². The number of benzene rings is 4. The van der Waals surface area contributed by atoms with Crippen molar-refractivity contribution in [1.29, 1.82) is 0 Å². The number of esters is 1. The molecular weight excluding hydrogens is 909 g/mol. The van der Waals surface area contributed by atoms with Gasteiger partial charge in [0.1, 0.15) is 23.4 Å². The minimum absolute atomic E-state index is 0.0161. The molecule has 1 heterocycles. The van der Waals surface area contributed by atoms with Crippen molar-refractivity contribution in [3.8, 4) is 29.1 Å². The Kier molecular flexibility index (Phi) is 15.6. The molecule has 2 aliphatic carbocycles. The molecule has 3 aliphatic rings. The van der Waals surface area contributed by atoms with Gasteiger partial charge in [-0.05, 0) is 66.1 Å². The molecule has 7 rings (SSSR count). The zero-order chi connectivity index (χ0) is 50.6. The number of phenols is 1. The summed E-state index contributed by atoms with van der Waals surface area (Å²) in [6.07, 6.45) is -4.70. The number of ketones is 2. The zero-order valence-electron chi connectivity index (χ0n) is 38.3. The minimum atomic E-state index is -3.10. The molecule has 0 amide bonds. The summed E-state index contributed by atoms with van der Waals surface area (Å²) in [5.41, 5.74) is 17.0. The van der Waals surface area contributed by atoms with E-state index in [1.54, 1.807) is 24.3 Å². The van der Waals surface area contributed by atoms with E-state index in [2.05, 4.69) is 16.8 Å². The number of aliphatic hydroxyl groups is 6. The van der Waals surface area contributed by atoms with Crippen LogP contribution >= 0.6 is 0 Å². The molecule has 4 bridgehead atoms. The van der Waals surface area contributed by atoms with Crippen LogP contribution in [0.1, 0.15) is 113 Å². The van der Waals surface area contributed by atoms with Crippen molar-refractivity contribution < 1.29 is 73.9 Å². The zero-order valence-corrected chi connectivity index (χ0v) is 38.3. The van der Waals surface area contributed by atoms with E-state index in [0.717, 1.165) is 12.5 Å². The van der Waals surface area contributed by atoms with Crippen molar-refractivity contribution in [2.75, 3.05) is 13.2 Å². The number of rotatable bonds is 12. The van der Waals surface area contributed by atoms with E-state index in [0.29, 0.717) is 11.8 Å². The Labute approximate surface area is 401 Å². The lowest BCUT2D eigenvalue weighted by atomic mass is 9.75. The van der Waals surface area contributed by atoms with Crippen molar-refractivity contribution in [2.45, 2.75) is 102 Å². The number of ether oxygens (including phenoxy) is 4. The summed E-state index contributed by atoms with van der Waals surface area (Å²) in [6.45, 7) is 0.459. The molecule has 1 saturated heterocycles. The Morgan fingerprint density at radius 2 is 1.67 bits per heavy atom. The highest BCUT2D eigenvalue weighted by atomic mass is 16.7. The molecular formula is C51H54N4O15. The third-order valence-corrected chi connectivity index (χ3v) is 12.3. The van der Waals surface area contributed by atoms with Gasteiger partial charge in [0.15, 0.2) is 29.9 Å². The molecule has 4 aromatic carbocycles. The number of phenolic OH excluding ortho intramolecular Hbond substituents is 1. The average Bonchev–Trinajstić information content (AvgIpc) is 3.31. The number of hydrogen-bond donors (Lipinski definition) is 10. The first-order valence-electron chi connectivity index (χ1n) is 22.4. The summed E-state index contributed by atoms with van der Waals surface area (Å²) in [7, 11) is 0. The van der Waals surface area contributed by atoms with Gasteiger partial charge in [-0.1, -0.05) is 60.4 Å². The van der Waals surface area contributed by atoms with E-state index < -0.39 is 109 Å². The van der Waals surface area contributed by atoms with E-state index in [1.165, 1.54) is 37.3 Å². The van der Waals surface area contributed by atoms with Crippen molar-refractivity contribution in [3.05, 3.63) is 121 Å². The molecule has 0 radical (unpaired) electrons. The predicted molar refractivity (Wildman–Crippen MR) is 252 cm³/mol. The largest absolute Gasteiger partial charge is 0.507 e. The van der Waals surface area contributed by atoms with Gasteiger partial charge in [0.2, 0.25) is 12.1 Å². The van der Waals surface area contributed by atoms with Gasteiger partial charge in [0.25, 0.3) is 0 Å². The second-order valence-corrected chi connectivity index (χ2v) is 17.2. The molecule has 70 heavy (non-hydrogen) atoms. The maximum Gasteiger partial charge on any atom is 0.308 e. The first kappa shape index (κ1) is 51.0. The molecule has 368 valence electrons. The number of fused-ring (bicyclic) bond motifs is 2. The lowest BCUT2D eigenvalue weighted by Crippen LogP contribution is -2.67. The van der Waals surface area contributed by atoms with Crippen molar-refractivity contribution >= 4 is 41.9 Å². The van der Waals surface area contributed by atoms with E-state index >= 15 is 9.59 Å². The van der Waals surface area contributed by atoms with E-state index in [1.807, 2.05) is 6.07 Å². The van der Waals surface area contributed by atoms with Crippen LogP contribution in [-0.4, -0.2) is 121 Å². The summed E-state index contributed by atoms with van der Waals surface area (Å²) in [4.78, 5) is 60.2. The molecule has 13 N–H and O–H groups in total. The number of aldehydes is 1. The summed E-state index contributed by atoms with van der Waals surface area (Å²) in [6, 6.07) is 12.1. The molecule has 0 spiro atoms. The highest BCUT2D eigenvalue weighted by Crippen LogP contribution is 2.48.